The topological polar surface area (TPSA) is 57.8 Å². The molecule has 0 fully saturated rings. The normalized spacial score (nSPS) is 11.3. The van der Waals surface area contributed by atoms with E-state index < -0.39 is 17.6 Å². The monoisotopic (exact) mass is 453 g/mol. The van der Waals surface area contributed by atoms with Crippen molar-refractivity contribution < 1.29 is 18.0 Å². The summed E-state index contributed by atoms with van der Waals surface area (Å²) in [5.74, 6) is -0.645. The summed E-state index contributed by atoms with van der Waals surface area (Å²) in [5.41, 5.74) is 2.26. The van der Waals surface area contributed by atoms with E-state index >= 15 is 0 Å². The predicted molar refractivity (Wildman–Crippen MR) is 120 cm³/mol. The zero-order valence-electron chi connectivity index (χ0n) is 16.7. The Kier molecular flexibility index (Phi) is 6.32. The van der Waals surface area contributed by atoms with Gasteiger partial charge in [0.2, 0.25) is 5.91 Å². The summed E-state index contributed by atoms with van der Waals surface area (Å²) in [6.45, 7) is 0. The van der Waals surface area contributed by atoms with Crippen LogP contribution in [0.15, 0.2) is 90.1 Å². The number of carbonyl (C=O) groups is 1. The SMILES string of the molecule is O=C(CSc1nc(-c2ccccc2)c(-c2ccccc2)[nH]1)Nc1ccccc1C(F)(F)F. The maximum absolute atomic E-state index is 13.1. The number of hydrogen-bond donors (Lipinski definition) is 2. The van der Waals surface area contributed by atoms with E-state index in [2.05, 4.69) is 15.3 Å². The molecule has 0 atom stereocenters. The molecule has 162 valence electrons. The van der Waals surface area contributed by atoms with E-state index in [1.165, 1.54) is 18.2 Å². The average molecular weight is 453 g/mol. The first-order chi connectivity index (χ1) is 15.4. The Bertz CT molecular complexity index is 1150. The van der Waals surface area contributed by atoms with Crippen molar-refractivity contribution in [2.45, 2.75) is 11.3 Å². The van der Waals surface area contributed by atoms with Crippen molar-refractivity contribution in [3.05, 3.63) is 90.5 Å². The average Bonchev–Trinajstić information content (AvgIpc) is 3.23. The number of H-pyrrole nitrogens is 1. The molecular formula is C24H18F3N3OS. The second-order valence-electron chi connectivity index (χ2n) is 6.88. The highest BCUT2D eigenvalue weighted by Crippen LogP contribution is 2.35. The molecule has 3 aromatic carbocycles. The molecule has 0 spiro atoms. The van der Waals surface area contributed by atoms with Crippen molar-refractivity contribution in [2.75, 3.05) is 11.1 Å². The van der Waals surface area contributed by atoms with Crippen LogP contribution >= 0.6 is 11.8 Å². The molecule has 0 saturated heterocycles. The van der Waals surface area contributed by atoms with Crippen molar-refractivity contribution in [3.63, 3.8) is 0 Å². The molecule has 4 aromatic rings. The Labute approximate surface area is 186 Å². The highest BCUT2D eigenvalue weighted by atomic mass is 32.2. The van der Waals surface area contributed by atoms with Gasteiger partial charge in [0.25, 0.3) is 0 Å². The van der Waals surface area contributed by atoms with Crippen LogP contribution in [0.1, 0.15) is 5.56 Å². The maximum atomic E-state index is 13.1. The van der Waals surface area contributed by atoms with Gasteiger partial charge in [-0.25, -0.2) is 4.98 Å². The van der Waals surface area contributed by atoms with Gasteiger partial charge in [0.05, 0.1) is 28.4 Å². The molecule has 8 heteroatoms. The molecule has 0 radical (unpaired) electrons. The lowest BCUT2D eigenvalue weighted by atomic mass is 10.1. The number of nitrogens with one attached hydrogen (secondary N) is 2. The highest BCUT2D eigenvalue weighted by molar-refractivity contribution is 7.99. The lowest BCUT2D eigenvalue weighted by Crippen LogP contribution is -2.18. The molecule has 0 aliphatic rings. The van der Waals surface area contributed by atoms with Crippen LogP contribution in [0.3, 0.4) is 0 Å². The van der Waals surface area contributed by atoms with E-state index in [1.54, 1.807) is 0 Å². The molecule has 4 nitrogen and oxygen atoms in total. The summed E-state index contributed by atoms with van der Waals surface area (Å²) < 4.78 is 39.4. The molecule has 0 aliphatic heterocycles. The van der Waals surface area contributed by atoms with Crippen LogP contribution in [0.5, 0.6) is 0 Å². The molecule has 0 unspecified atom stereocenters. The molecule has 0 bridgehead atoms. The van der Waals surface area contributed by atoms with Crippen LogP contribution < -0.4 is 5.32 Å². The van der Waals surface area contributed by atoms with Crippen molar-refractivity contribution in [2.24, 2.45) is 0 Å². The number of carbonyl (C=O) groups excluding carboxylic acids is 1. The Morgan fingerprint density at radius 2 is 1.47 bits per heavy atom. The van der Waals surface area contributed by atoms with E-state index in [1.807, 2.05) is 60.7 Å². The fourth-order valence-corrected chi connectivity index (χ4v) is 3.87. The van der Waals surface area contributed by atoms with Gasteiger partial charge in [-0.3, -0.25) is 4.79 Å². The summed E-state index contributed by atoms with van der Waals surface area (Å²) in [4.78, 5) is 20.2. The van der Waals surface area contributed by atoms with E-state index in [4.69, 9.17) is 0 Å². The van der Waals surface area contributed by atoms with Crippen LogP contribution in [-0.2, 0) is 11.0 Å². The molecule has 0 saturated carbocycles. The quantitative estimate of drug-likeness (QED) is 0.328. The largest absolute Gasteiger partial charge is 0.418 e. The Morgan fingerprint density at radius 1 is 0.875 bits per heavy atom. The van der Waals surface area contributed by atoms with Gasteiger partial charge in [0.15, 0.2) is 5.16 Å². The lowest BCUT2D eigenvalue weighted by molar-refractivity contribution is -0.137. The highest BCUT2D eigenvalue weighted by Gasteiger charge is 2.33. The minimum atomic E-state index is -4.55. The summed E-state index contributed by atoms with van der Waals surface area (Å²) in [7, 11) is 0. The van der Waals surface area contributed by atoms with Gasteiger partial charge in [-0.15, -0.1) is 0 Å². The molecule has 4 rings (SSSR count). The number of thioether (sulfide) groups is 1. The summed E-state index contributed by atoms with van der Waals surface area (Å²) >= 11 is 1.13. The number of alkyl halides is 3. The first-order valence-corrected chi connectivity index (χ1v) is 10.7. The molecular weight excluding hydrogens is 435 g/mol. The molecule has 32 heavy (non-hydrogen) atoms. The van der Waals surface area contributed by atoms with E-state index in [9.17, 15) is 18.0 Å². The van der Waals surface area contributed by atoms with Crippen LogP contribution in [0.2, 0.25) is 0 Å². The number of aromatic amines is 1. The maximum Gasteiger partial charge on any atom is 0.418 e. The molecule has 1 amide bonds. The molecule has 0 aliphatic carbocycles. The smallest absolute Gasteiger partial charge is 0.332 e. The van der Waals surface area contributed by atoms with E-state index in [0.717, 1.165) is 40.3 Å². The van der Waals surface area contributed by atoms with Crippen LogP contribution in [0.25, 0.3) is 22.5 Å². The first-order valence-electron chi connectivity index (χ1n) is 9.71. The minimum Gasteiger partial charge on any atom is -0.332 e. The number of para-hydroxylation sites is 1. The first kappa shape index (κ1) is 21.7. The van der Waals surface area contributed by atoms with Crippen molar-refractivity contribution in [3.8, 4) is 22.5 Å². The van der Waals surface area contributed by atoms with Crippen molar-refractivity contribution in [1.29, 1.82) is 0 Å². The van der Waals surface area contributed by atoms with Gasteiger partial charge in [0.1, 0.15) is 0 Å². The third-order valence-corrected chi connectivity index (χ3v) is 5.51. The molecule has 2 N–H and O–H groups in total. The van der Waals surface area contributed by atoms with Gasteiger partial charge >= 0.3 is 6.18 Å². The van der Waals surface area contributed by atoms with Gasteiger partial charge in [0, 0.05) is 11.1 Å². The number of benzene rings is 3. The van der Waals surface area contributed by atoms with Crippen molar-refractivity contribution >= 4 is 23.4 Å². The number of nitrogens with zero attached hydrogens (tertiary/aromatic N) is 1. The zero-order valence-corrected chi connectivity index (χ0v) is 17.5. The molecule has 1 aromatic heterocycles. The van der Waals surface area contributed by atoms with Crippen LogP contribution in [-0.4, -0.2) is 21.6 Å². The Balaban J connectivity index is 1.53. The lowest BCUT2D eigenvalue weighted by Gasteiger charge is -2.13. The summed E-state index contributed by atoms with van der Waals surface area (Å²) in [6.07, 6.45) is -4.55. The van der Waals surface area contributed by atoms with Crippen LogP contribution in [0, 0.1) is 0 Å². The Hall–Kier alpha value is -3.52. The van der Waals surface area contributed by atoms with Gasteiger partial charge in [-0.05, 0) is 12.1 Å². The minimum absolute atomic E-state index is 0.0951. The van der Waals surface area contributed by atoms with E-state index in [-0.39, 0.29) is 11.4 Å². The van der Waals surface area contributed by atoms with Gasteiger partial charge < -0.3 is 10.3 Å². The zero-order chi connectivity index (χ0) is 22.6. The number of hydrogen-bond acceptors (Lipinski definition) is 3. The number of amides is 1. The van der Waals surface area contributed by atoms with Gasteiger partial charge in [-0.2, -0.15) is 13.2 Å². The van der Waals surface area contributed by atoms with Crippen molar-refractivity contribution in [1.82, 2.24) is 9.97 Å². The third kappa shape index (κ3) is 5.03. The number of imidazole rings is 1. The third-order valence-electron chi connectivity index (χ3n) is 4.64. The van der Waals surface area contributed by atoms with Crippen LogP contribution in [0.4, 0.5) is 18.9 Å². The van der Waals surface area contributed by atoms with E-state index in [0.29, 0.717) is 5.16 Å². The number of aromatic nitrogens is 2. The Morgan fingerprint density at radius 3 is 2.12 bits per heavy atom. The fraction of sp³-hybridized carbons (Fsp3) is 0.0833. The second-order valence-corrected chi connectivity index (χ2v) is 7.84. The number of halogens is 3. The second kappa shape index (κ2) is 9.32. The number of anilines is 1. The summed E-state index contributed by atoms with van der Waals surface area (Å²) in [5, 5.41) is 2.85. The summed E-state index contributed by atoms with van der Waals surface area (Å²) in [6, 6.07) is 24.2. The molecule has 1 heterocycles. The predicted octanol–water partition coefficient (Wildman–Crippen LogP) is 6.49. The fourth-order valence-electron chi connectivity index (χ4n) is 3.20. The number of rotatable bonds is 6. The standard InChI is InChI=1S/C24H18F3N3OS/c25-24(26,27)18-13-7-8-14-19(18)28-20(31)15-32-23-29-21(16-9-3-1-4-10-16)22(30-23)17-11-5-2-6-12-17/h1-14H,15H2,(H,28,31)(H,29,30). The van der Waals surface area contributed by atoms with Gasteiger partial charge in [-0.1, -0.05) is 84.6 Å².